The first-order valence-electron chi connectivity index (χ1n) is 7.81. The zero-order chi connectivity index (χ0) is 14.1. The average molecular weight is 276 g/mol. The SMILES string of the molecule is CCCc1ccc(CN2C[C@@H]3CCCN3C(=O)[C@H]2C)o1. The Morgan fingerprint density at radius 1 is 1.35 bits per heavy atom. The van der Waals surface area contributed by atoms with Crippen molar-refractivity contribution in [2.75, 3.05) is 13.1 Å². The molecule has 2 fully saturated rings. The monoisotopic (exact) mass is 276 g/mol. The third-order valence-electron chi connectivity index (χ3n) is 4.58. The number of carbonyl (C=O) groups excluding carboxylic acids is 1. The Bertz CT molecular complexity index is 483. The summed E-state index contributed by atoms with van der Waals surface area (Å²) in [4.78, 5) is 16.7. The van der Waals surface area contributed by atoms with E-state index in [4.69, 9.17) is 4.42 Å². The molecule has 0 aliphatic carbocycles. The molecule has 1 aromatic rings. The van der Waals surface area contributed by atoms with Gasteiger partial charge in [0.1, 0.15) is 11.5 Å². The minimum atomic E-state index is -0.0240. The van der Waals surface area contributed by atoms with E-state index in [2.05, 4.69) is 28.9 Å². The fourth-order valence-corrected chi connectivity index (χ4v) is 3.43. The number of furan rings is 1. The molecule has 0 spiro atoms. The van der Waals surface area contributed by atoms with Crippen LogP contribution in [0.3, 0.4) is 0 Å². The molecule has 1 aromatic heterocycles. The highest BCUT2D eigenvalue weighted by molar-refractivity contribution is 5.82. The molecular formula is C16H24N2O2. The van der Waals surface area contributed by atoms with Crippen molar-refractivity contribution in [3.63, 3.8) is 0 Å². The molecule has 3 rings (SSSR count). The average Bonchev–Trinajstić information content (AvgIpc) is 3.05. The molecule has 2 aliphatic rings. The van der Waals surface area contributed by atoms with E-state index in [1.54, 1.807) is 0 Å². The van der Waals surface area contributed by atoms with E-state index in [0.717, 1.165) is 56.8 Å². The molecule has 110 valence electrons. The number of aryl methyl sites for hydroxylation is 1. The van der Waals surface area contributed by atoms with E-state index in [1.807, 2.05) is 6.92 Å². The van der Waals surface area contributed by atoms with Crippen molar-refractivity contribution in [2.45, 2.75) is 58.2 Å². The zero-order valence-corrected chi connectivity index (χ0v) is 12.5. The van der Waals surface area contributed by atoms with Gasteiger partial charge in [0.25, 0.3) is 0 Å². The Hall–Kier alpha value is -1.29. The second kappa shape index (κ2) is 5.60. The predicted molar refractivity (Wildman–Crippen MR) is 77.3 cm³/mol. The van der Waals surface area contributed by atoms with E-state index in [9.17, 15) is 4.79 Å². The third kappa shape index (κ3) is 2.49. The van der Waals surface area contributed by atoms with Gasteiger partial charge in [-0.1, -0.05) is 6.92 Å². The molecule has 2 aliphatic heterocycles. The van der Waals surface area contributed by atoms with Crippen LogP contribution in [0.5, 0.6) is 0 Å². The van der Waals surface area contributed by atoms with E-state index >= 15 is 0 Å². The predicted octanol–water partition coefficient (Wildman–Crippen LogP) is 2.43. The molecule has 0 aromatic carbocycles. The van der Waals surface area contributed by atoms with Crippen LogP contribution in [-0.4, -0.2) is 40.9 Å². The maximum Gasteiger partial charge on any atom is 0.239 e. The minimum absolute atomic E-state index is 0.0240. The van der Waals surface area contributed by atoms with Crippen molar-refractivity contribution < 1.29 is 9.21 Å². The van der Waals surface area contributed by atoms with Crippen LogP contribution in [-0.2, 0) is 17.8 Å². The van der Waals surface area contributed by atoms with E-state index in [-0.39, 0.29) is 6.04 Å². The minimum Gasteiger partial charge on any atom is -0.465 e. The van der Waals surface area contributed by atoms with Gasteiger partial charge in [-0.3, -0.25) is 9.69 Å². The molecule has 0 radical (unpaired) electrons. The quantitative estimate of drug-likeness (QED) is 0.847. The largest absolute Gasteiger partial charge is 0.465 e. The van der Waals surface area contributed by atoms with Gasteiger partial charge in [0.05, 0.1) is 12.6 Å². The van der Waals surface area contributed by atoms with Crippen molar-refractivity contribution in [1.29, 1.82) is 0 Å². The van der Waals surface area contributed by atoms with Gasteiger partial charge in [0.2, 0.25) is 5.91 Å². The first kappa shape index (κ1) is 13.7. The molecule has 1 amide bonds. The lowest BCUT2D eigenvalue weighted by Crippen LogP contribution is -2.58. The van der Waals surface area contributed by atoms with Gasteiger partial charge in [-0.25, -0.2) is 0 Å². The van der Waals surface area contributed by atoms with Crippen LogP contribution < -0.4 is 0 Å². The van der Waals surface area contributed by atoms with Crippen LogP contribution in [0.15, 0.2) is 16.5 Å². The van der Waals surface area contributed by atoms with Crippen LogP contribution in [0.2, 0.25) is 0 Å². The van der Waals surface area contributed by atoms with Gasteiger partial charge >= 0.3 is 0 Å². The summed E-state index contributed by atoms with van der Waals surface area (Å²) in [7, 11) is 0. The second-order valence-electron chi connectivity index (χ2n) is 6.05. The summed E-state index contributed by atoms with van der Waals surface area (Å²) in [5.41, 5.74) is 0. The number of fused-ring (bicyclic) bond motifs is 1. The Labute approximate surface area is 120 Å². The second-order valence-corrected chi connectivity index (χ2v) is 6.05. The summed E-state index contributed by atoms with van der Waals surface area (Å²) in [5.74, 6) is 2.33. The summed E-state index contributed by atoms with van der Waals surface area (Å²) in [6, 6.07) is 4.52. The van der Waals surface area contributed by atoms with Crippen molar-refractivity contribution >= 4 is 5.91 Å². The summed E-state index contributed by atoms with van der Waals surface area (Å²) >= 11 is 0. The van der Waals surface area contributed by atoms with E-state index in [1.165, 1.54) is 0 Å². The Morgan fingerprint density at radius 2 is 2.15 bits per heavy atom. The summed E-state index contributed by atoms with van der Waals surface area (Å²) in [5, 5.41) is 0. The van der Waals surface area contributed by atoms with Gasteiger partial charge in [-0.15, -0.1) is 0 Å². The normalized spacial score (nSPS) is 27.1. The maximum atomic E-state index is 12.4. The van der Waals surface area contributed by atoms with Gasteiger partial charge in [0.15, 0.2) is 0 Å². The third-order valence-corrected chi connectivity index (χ3v) is 4.58. The van der Waals surface area contributed by atoms with Crippen LogP contribution >= 0.6 is 0 Å². The fourth-order valence-electron chi connectivity index (χ4n) is 3.43. The highest BCUT2D eigenvalue weighted by atomic mass is 16.3. The van der Waals surface area contributed by atoms with Crippen LogP contribution in [0.1, 0.15) is 44.6 Å². The molecule has 20 heavy (non-hydrogen) atoms. The Kier molecular flexibility index (Phi) is 3.83. The lowest BCUT2D eigenvalue weighted by atomic mass is 10.1. The number of carbonyl (C=O) groups is 1. The van der Waals surface area contributed by atoms with Gasteiger partial charge in [-0.2, -0.15) is 0 Å². The summed E-state index contributed by atoms with van der Waals surface area (Å²) in [6.07, 6.45) is 4.39. The molecular weight excluding hydrogens is 252 g/mol. The first-order valence-corrected chi connectivity index (χ1v) is 7.81. The molecule has 0 unspecified atom stereocenters. The Morgan fingerprint density at radius 3 is 2.95 bits per heavy atom. The van der Waals surface area contributed by atoms with Crippen molar-refractivity contribution in [3.8, 4) is 0 Å². The van der Waals surface area contributed by atoms with Crippen LogP contribution in [0.25, 0.3) is 0 Å². The topological polar surface area (TPSA) is 36.7 Å². The maximum absolute atomic E-state index is 12.4. The van der Waals surface area contributed by atoms with E-state index < -0.39 is 0 Å². The number of amides is 1. The number of hydrogen-bond donors (Lipinski definition) is 0. The molecule has 2 atom stereocenters. The van der Waals surface area contributed by atoms with Crippen molar-refractivity contribution in [3.05, 3.63) is 23.7 Å². The Balaban J connectivity index is 1.68. The standard InChI is InChI=1S/C16H24N2O2/c1-3-5-14-7-8-15(20-14)11-17-10-13-6-4-9-18(13)16(19)12(17)2/h7-8,12-13H,3-6,9-11H2,1-2H3/t12-,13+/m1/s1. The molecule has 4 heteroatoms. The lowest BCUT2D eigenvalue weighted by molar-refractivity contribution is -0.143. The molecule has 4 nitrogen and oxygen atoms in total. The van der Waals surface area contributed by atoms with Gasteiger partial charge < -0.3 is 9.32 Å². The first-order chi connectivity index (χ1) is 9.69. The highest BCUT2D eigenvalue weighted by Gasteiger charge is 2.40. The molecule has 0 saturated carbocycles. The molecule has 2 saturated heterocycles. The zero-order valence-electron chi connectivity index (χ0n) is 12.5. The molecule has 0 bridgehead atoms. The number of rotatable bonds is 4. The number of hydrogen-bond acceptors (Lipinski definition) is 3. The lowest BCUT2D eigenvalue weighted by Gasteiger charge is -2.41. The summed E-state index contributed by atoms with van der Waals surface area (Å²) < 4.78 is 5.86. The number of piperazine rings is 1. The van der Waals surface area contributed by atoms with Crippen molar-refractivity contribution in [1.82, 2.24) is 9.80 Å². The van der Waals surface area contributed by atoms with Crippen LogP contribution in [0.4, 0.5) is 0 Å². The van der Waals surface area contributed by atoms with E-state index in [0.29, 0.717) is 11.9 Å². The molecule has 3 heterocycles. The fraction of sp³-hybridized carbons (Fsp3) is 0.688. The van der Waals surface area contributed by atoms with Gasteiger partial charge in [0, 0.05) is 25.6 Å². The smallest absolute Gasteiger partial charge is 0.239 e. The highest BCUT2D eigenvalue weighted by Crippen LogP contribution is 2.27. The number of nitrogens with zero attached hydrogens (tertiary/aromatic N) is 2. The van der Waals surface area contributed by atoms with Crippen LogP contribution in [0, 0.1) is 0 Å². The summed E-state index contributed by atoms with van der Waals surface area (Å²) in [6.45, 7) is 6.86. The van der Waals surface area contributed by atoms with Gasteiger partial charge in [-0.05, 0) is 38.3 Å². The molecule has 0 N–H and O–H groups in total. The van der Waals surface area contributed by atoms with Crippen molar-refractivity contribution in [2.24, 2.45) is 0 Å².